The minimum absolute atomic E-state index is 0.120. The average molecular weight is 334 g/mol. The minimum atomic E-state index is -0.144. The van der Waals surface area contributed by atoms with E-state index in [-0.39, 0.29) is 11.9 Å². The number of amides is 1. The van der Waals surface area contributed by atoms with Crippen molar-refractivity contribution in [3.05, 3.63) is 59.3 Å². The van der Waals surface area contributed by atoms with Crippen molar-refractivity contribution in [1.82, 2.24) is 10.3 Å². The molecule has 1 amide bonds. The number of hydrogen-bond donors (Lipinski definition) is 1. The SMILES string of the molecule is C[C@H](NC(=O)c1cccnc1N1CCCCC1)c1ccc(C#N)cc1. The Hall–Kier alpha value is -2.87. The minimum Gasteiger partial charge on any atom is -0.356 e. The maximum absolute atomic E-state index is 12.8. The van der Waals surface area contributed by atoms with Crippen molar-refractivity contribution in [2.45, 2.75) is 32.2 Å². The van der Waals surface area contributed by atoms with Gasteiger partial charge in [0, 0.05) is 19.3 Å². The average Bonchev–Trinajstić information content (AvgIpc) is 2.68. The van der Waals surface area contributed by atoms with Crippen LogP contribution in [0.25, 0.3) is 0 Å². The largest absolute Gasteiger partial charge is 0.356 e. The summed E-state index contributed by atoms with van der Waals surface area (Å²) in [5.41, 5.74) is 2.20. The Morgan fingerprint density at radius 2 is 1.92 bits per heavy atom. The molecule has 1 atom stereocenters. The molecule has 0 unspecified atom stereocenters. The van der Waals surface area contributed by atoms with Gasteiger partial charge in [-0.25, -0.2) is 4.98 Å². The van der Waals surface area contributed by atoms with E-state index in [1.54, 1.807) is 24.4 Å². The molecule has 25 heavy (non-hydrogen) atoms. The number of aromatic nitrogens is 1. The lowest BCUT2D eigenvalue weighted by Crippen LogP contribution is -2.34. The first kappa shape index (κ1) is 17.0. The maximum Gasteiger partial charge on any atom is 0.255 e. The maximum atomic E-state index is 12.8. The summed E-state index contributed by atoms with van der Waals surface area (Å²) in [6.45, 7) is 3.83. The van der Waals surface area contributed by atoms with Gasteiger partial charge in [-0.1, -0.05) is 12.1 Å². The highest BCUT2D eigenvalue weighted by molar-refractivity contribution is 5.99. The summed E-state index contributed by atoms with van der Waals surface area (Å²) in [5.74, 6) is 0.650. The van der Waals surface area contributed by atoms with E-state index in [1.807, 2.05) is 25.1 Å². The molecule has 3 rings (SSSR count). The van der Waals surface area contributed by atoms with E-state index in [2.05, 4.69) is 21.3 Å². The normalized spacial score (nSPS) is 15.3. The van der Waals surface area contributed by atoms with E-state index < -0.39 is 0 Å². The van der Waals surface area contributed by atoms with Crippen LogP contribution >= 0.6 is 0 Å². The van der Waals surface area contributed by atoms with Crippen LogP contribution < -0.4 is 10.2 Å². The second-order valence-electron chi connectivity index (χ2n) is 6.35. The van der Waals surface area contributed by atoms with Crippen molar-refractivity contribution >= 4 is 11.7 Å². The number of nitrogens with one attached hydrogen (secondary N) is 1. The zero-order valence-electron chi connectivity index (χ0n) is 14.4. The lowest BCUT2D eigenvalue weighted by molar-refractivity contribution is 0.0940. The van der Waals surface area contributed by atoms with E-state index in [0.29, 0.717) is 11.1 Å². The summed E-state index contributed by atoms with van der Waals surface area (Å²) < 4.78 is 0. The van der Waals surface area contributed by atoms with Crippen LogP contribution in [0.2, 0.25) is 0 Å². The Morgan fingerprint density at radius 3 is 2.60 bits per heavy atom. The van der Waals surface area contributed by atoms with Gasteiger partial charge in [-0.3, -0.25) is 4.79 Å². The molecule has 1 saturated heterocycles. The molecule has 5 nitrogen and oxygen atoms in total. The Kier molecular flexibility index (Phi) is 5.30. The van der Waals surface area contributed by atoms with E-state index in [9.17, 15) is 4.79 Å². The Bertz CT molecular complexity index is 773. The highest BCUT2D eigenvalue weighted by Gasteiger charge is 2.20. The van der Waals surface area contributed by atoms with Crippen molar-refractivity contribution in [2.75, 3.05) is 18.0 Å². The highest BCUT2D eigenvalue weighted by atomic mass is 16.1. The number of carbonyl (C=O) groups is 1. The first-order valence-electron chi connectivity index (χ1n) is 8.70. The Labute approximate surface area is 148 Å². The first-order chi connectivity index (χ1) is 12.2. The van der Waals surface area contributed by atoms with Crippen molar-refractivity contribution in [3.63, 3.8) is 0 Å². The molecule has 2 heterocycles. The van der Waals surface area contributed by atoms with Gasteiger partial charge in [0.05, 0.1) is 23.2 Å². The van der Waals surface area contributed by atoms with Crippen molar-refractivity contribution in [3.8, 4) is 6.07 Å². The molecule has 0 aliphatic carbocycles. The molecule has 1 aliphatic heterocycles. The summed E-state index contributed by atoms with van der Waals surface area (Å²) in [5, 5.41) is 11.9. The molecule has 1 aromatic heterocycles. The predicted molar refractivity (Wildman–Crippen MR) is 97.3 cm³/mol. The highest BCUT2D eigenvalue weighted by Crippen LogP contribution is 2.22. The summed E-state index contributed by atoms with van der Waals surface area (Å²) in [4.78, 5) is 19.4. The molecule has 2 aromatic rings. The van der Waals surface area contributed by atoms with E-state index in [4.69, 9.17) is 5.26 Å². The molecular weight excluding hydrogens is 312 g/mol. The van der Waals surface area contributed by atoms with Crippen molar-refractivity contribution in [2.24, 2.45) is 0 Å². The van der Waals surface area contributed by atoms with Crippen LogP contribution in [-0.2, 0) is 0 Å². The van der Waals surface area contributed by atoms with Gasteiger partial charge in [-0.05, 0) is 56.0 Å². The fraction of sp³-hybridized carbons (Fsp3) is 0.350. The van der Waals surface area contributed by atoms with Crippen LogP contribution in [0.1, 0.15) is 53.7 Å². The molecule has 5 heteroatoms. The van der Waals surface area contributed by atoms with Crippen molar-refractivity contribution in [1.29, 1.82) is 5.26 Å². The molecule has 0 radical (unpaired) electrons. The molecule has 1 N–H and O–H groups in total. The molecule has 128 valence electrons. The van der Waals surface area contributed by atoms with Gasteiger partial charge in [0.1, 0.15) is 5.82 Å². The number of carbonyl (C=O) groups excluding carboxylic acids is 1. The van der Waals surface area contributed by atoms with Gasteiger partial charge < -0.3 is 10.2 Å². The quantitative estimate of drug-likeness (QED) is 0.930. The van der Waals surface area contributed by atoms with Gasteiger partial charge in [-0.15, -0.1) is 0 Å². The summed E-state index contributed by atoms with van der Waals surface area (Å²) in [7, 11) is 0. The van der Waals surface area contributed by atoms with Gasteiger partial charge in [-0.2, -0.15) is 5.26 Å². The molecule has 1 aromatic carbocycles. The van der Waals surface area contributed by atoms with Gasteiger partial charge >= 0.3 is 0 Å². The number of piperidine rings is 1. The third kappa shape index (κ3) is 3.97. The van der Waals surface area contributed by atoms with Crippen LogP contribution in [0, 0.1) is 11.3 Å². The first-order valence-corrected chi connectivity index (χ1v) is 8.70. The van der Waals surface area contributed by atoms with E-state index >= 15 is 0 Å². The summed E-state index contributed by atoms with van der Waals surface area (Å²) >= 11 is 0. The second kappa shape index (κ2) is 7.80. The van der Waals surface area contributed by atoms with Crippen molar-refractivity contribution < 1.29 is 4.79 Å². The zero-order valence-corrected chi connectivity index (χ0v) is 14.4. The standard InChI is InChI=1S/C20H22N4O/c1-15(17-9-7-16(14-21)8-10-17)23-20(25)18-6-5-11-22-19(18)24-12-3-2-4-13-24/h5-11,15H,2-4,12-13H2,1H3,(H,23,25)/t15-/m0/s1. The number of nitriles is 1. The molecular formula is C20H22N4O. The monoisotopic (exact) mass is 334 g/mol. The Morgan fingerprint density at radius 1 is 1.20 bits per heavy atom. The number of pyridine rings is 1. The molecule has 0 saturated carbocycles. The topological polar surface area (TPSA) is 69.0 Å². The predicted octanol–water partition coefficient (Wildman–Crippen LogP) is 3.43. The van der Waals surface area contributed by atoms with E-state index in [1.165, 1.54) is 6.42 Å². The fourth-order valence-electron chi connectivity index (χ4n) is 3.14. The smallest absolute Gasteiger partial charge is 0.255 e. The van der Waals surface area contributed by atoms with Crippen LogP contribution in [0.3, 0.4) is 0 Å². The third-order valence-electron chi connectivity index (χ3n) is 4.57. The van der Waals surface area contributed by atoms with Crippen LogP contribution in [0.5, 0.6) is 0 Å². The lowest BCUT2D eigenvalue weighted by Gasteiger charge is -2.29. The summed E-state index contributed by atoms with van der Waals surface area (Å²) in [6, 6.07) is 12.9. The van der Waals surface area contributed by atoms with E-state index in [0.717, 1.165) is 37.3 Å². The van der Waals surface area contributed by atoms with Gasteiger partial charge in [0.25, 0.3) is 5.91 Å². The zero-order chi connectivity index (χ0) is 17.6. The number of rotatable bonds is 4. The second-order valence-corrected chi connectivity index (χ2v) is 6.35. The van der Waals surface area contributed by atoms with Gasteiger partial charge in [0.2, 0.25) is 0 Å². The number of hydrogen-bond acceptors (Lipinski definition) is 4. The third-order valence-corrected chi connectivity index (χ3v) is 4.57. The molecule has 1 aliphatic rings. The molecule has 0 bridgehead atoms. The number of nitrogens with zero attached hydrogens (tertiary/aromatic N) is 3. The van der Waals surface area contributed by atoms with Crippen LogP contribution in [0.15, 0.2) is 42.6 Å². The Balaban J connectivity index is 1.75. The van der Waals surface area contributed by atoms with Crippen LogP contribution in [0.4, 0.5) is 5.82 Å². The van der Waals surface area contributed by atoms with Gasteiger partial charge in [0.15, 0.2) is 0 Å². The fourth-order valence-corrected chi connectivity index (χ4v) is 3.14. The number of anilines is 1. The van der Waals surface area contributed by atoms with Crippen LogP contribution in [-0.4, -0.2) is 24.0 Å². The number of benzene rings is 1. The summed E-state index contributed by atoms with van der Waals surface area (Å²) in [6.07, 6.45) is 5.25. The lowest BCUT2D eigenvalue weighted by atomic mass is 10.1. The molecule has 1 fully saturated rings. The molecule has 0 spiro atoms.